The second kappa shape index (κ2) is 7.41. The van der Waals surface area contributed by atoms with Crippen LogP contribution in [0, 0.1) is 0 Å². The maximum atomic E-state index is 12.0. The Morgan fingerprint density at radius 1 is 1.11 bits per heavy atom. The predicted octanol–water partition coefficient (Wildman–Crippen LogP) is 3.68. The highest BCUT2D eigenvalue weighted by Gasteiger charge is 2.31. The number of carbonyl (C=O) groups is 1. The van der Waals surface area contributed by atoms with Crippen LogP contribution in [0.1, 0.15) is 64.2 Å². The van der Waals surface area contributed by atoms with Gasteiger partial charge >= 0.3 is 6.03 Å². The summed E-state index contributed by atoms with van der Waals surface area (Å²) in [5, 5.41) is 6.26. The number of carbonyl (C=O) groups excluding carboxylic acids is 1. The molecule has 2 saturated carbocycles. The van der Waals surface area contributed by atoms with E-state index in [1.807, 2.05) is 11.8 Å². The summed E-state index contributed by atoms with van der Waals surface area (Å²) in [6.07, 6.45) is 14.8. The van der Waals surface area contributed by atoms with E-state index < -0.39 is 0 Å². The second-order valence-corrected chi connectivity index (χ2v) is 7.38. The molecule has 0 radical (unpaired) electrons. The van der Waals surface area contributed by atoms with Crippen molar-refractivity contribution in [2.75, 3.05) is 12.8 Å². The predicted molar refractivity (Wildman–Crippen MR) is 82.7 cm³/mol. The monoisotopic (exact) mass is 284 g/mol. The van der Waals surface area contributed by atoms with Crippen molar-refractivity contribution in [3.05, 3.63) is 0 Å². The first-order valence-corrected chi connectivity index (χ1v) is 9.06. The summed E-state index contributed by atoms with van der Waals surface area (Å²) in [7, 11) is 0. The van der Waals surface area contributed by atoms with E-state index >= 15 is 0 Å². The van der Waals surface area contributed by atoms with E-state index in [0.29, 0.717) is 10.8 Å². The van der Waals surface area contributed by atoms with Gasteiger partial charge in [0, 0.05) is 17.3 Å². The van der Waals surface area contributed by atoms with Crippen LogP contribution < -0.4 is 10.6 Å². The van der Waals surface area contributed by atoms with Gasteiger partial charge in [0.2, 0.25) is 0 Å². The zero-order valence-corrected chi connectivity index (χ0v) is 13.0. The molecule has 0 unspecified atom stereocenters. The Balaban J connectivity index is 1.72. The zero-order chi connectivity index (χ0) is 13.6. The molecule has 0 bridgehead atoms. The Labute approximate surface area is 121 Å². The van der Waals surface area contributed by atoms with Crippen LogP contribution in [-0.4, -0.2) is 29.6 Å². The van der Waals surface area contributed by atoms with Crippen molar-refractivity contribution in [2.45, 2.75) is 75.0 Å². The fourth-order valence-electron chi connectivity index (χ4n) is 3.37. The van der Waals surface area contributed by atoms with Gasteiger partial charge in [-0.05, 0) is 31.9 Å². The molecule has 0 aromatic rings. The molecule has 2 N–H and O–H groups in total. The molecule has 0 aromatic heterocycles. The molecule has 110 valence electrons. The van der Waals surface area contributed by atoms with Gasteiger partial charge in [-0.2, -0.15) is 11.8 Å². The Morgan fingerprint density at radius 2 is 1.74 bits per heavy atom. The lowest BCUT2D eigenvalue weighted by atomic mass is 9.88. The smallest absolute Gasteiger partial charge is 0.315 e. The Bertz CT molecular complexity index is 284. The lowest BCUT2D eigenvalue weighted by Gasteiger charge is -2.36. The number of thioether (sulfide) groups is 1. The Hall–Kier alpha value is -0.380. The molecule has 2 aliphatic rings. The van der Waals surface area contributed by atoms with E-state index in [1.165, 1.54) is 51.4 Å². The van der Waals surface area contributed by atoms with Crippen molar-refractivity contribution in [3.8, 4) is 0 Å². The highest BCUT2D eigenvalue weighted by molar-refractivity contribution is 8.00. The van der Waals surface area contributed by atoms with Gasteiger partial charge in [-0.3, -0.25) is 0 Å². The van der Waals surface area contributed by atoms with Crippen LogP contribution in [-0.2, 0) is 0 Å². The van der Waals surface area contributed by atoms with Crippen molar-refractivity contribution in [1.82, 2.24) is 10.6 Å². The average Bonchev–Trinajstić information content (AvgIpc) is 2.47. The van der Waals surface area contributed by atoms with E-state index in [4.69, 9.17) is 0 Å². The maximum absolute atomic E-state index is 12.0. The zero-order valence-electron chi connectivity index (χ0n) is 12.2. The Kier molecular flexibility index (Phi) is 5.86. The number of hydrogen-bond donors (Lipinski definition) is 2. The van der Waals surface area contributed by atoms with Crippen LogP contribution in [0.4, 0.5) is 4.79 Å². The quantitative estimate of drug-likeness (QED) is 0.827. The SMILES string of the molecule is CSC1(CNC(=O)NC2CCCCC2)CCCCC1. The number of amides is 2. The van der Waals surface area contributed by atoms with Gasteiger partial charge < -0.3 is 10.6 Å². The second-order valence-electron chi connectivity index (χ2n) is 6.11. The summed E-state index contributed by atoms with van der Waals surface area (Å²) in [4.78, 5) is 12.0. The number of nitrogens with one attached hydrogen (secondary N) is 2. The molecule has 2 aliphatic carbocycles. The van der Waals surface area contributed by atoms with Gasteiger partial charge in [-0.15, -0.1) is 0 Å². The summed E-state index contributed by atoms with van der Waals surface area (Å²) in [6, 6.07) is 0.455. The molecular weight excluding hydrogens is 256 g/mol. The minimum absolute atomic E-state index is 0.0471. The minimum Gasteiger partial charge on any atom is -0.337 e. The molecule has 19 heavy (non-hydrogen) atoms. The number of urea groups is 1. The Morgan fingerprint density at radius 3 is 2.37 bits per heavy atom. The summed E-state index contributed by atoms with van der Waals surface area (Å²) < 4.78 is 0.294. The van der Waals surface area contributed by atoms with Crippen LogP contribution in [0.15, 0.2) is 0 Å². The van der Waals surface area contributed by atoms with E-state index in [1.54, 1.807) is 0 Å². The van der Waals surface area contributed by atoms with Crippen molar-refractivity contribution >= 4 is 17.8 Å². The standard InChI is InChI=1S/C15H28N2OS/c1-19-15(10-6-3-7-11-15)12-16-14(18)17-13-8-4-2-5-9-13/h13H,2-12H2,1H3,(H2,16,17,18). The highest BCUT2D eigenvalue weighted by atomic mass is 32.2. The molecule has 0 aromatic carbocycles. The van der Waals surface area contributed by atoms with Crippen LogP contribution in [0.3, 0.4) is 0 Å². The van der Waals surface area contributed by atoms with Crippen molar-refractivity contribution < 1.29 is 4.79 Å². The summed E-state index contributed by atoms with van der Waals surface area (Å²) in [5.74, 6) is 0. The summed E-state index contributed by atoms with van der Waals surface area (Å²) in [6.45, 7) is 0.826. The molecule has 2 amide bonds. The molecule has 0 aliphatic heterocycles. The van der Waals surface area contributed by atoms with Gasteiger partial charge in [0.05, 0.1) is 0 Å². The van der Waals surface area contributed by atoms with E-state index in [-0.39, 0.29) is 6.03 Å². The van der Waals surface area contributed by atoms with Gasteiger partial charge in [0.15, 0.2) is 0 Å². The highest BCUT2D eigenvalue weighted by Crippen LogP contribution is 2.37. The van der Waals surface area contributed by atoms with Crippen molar-refractivity contribution in [1.29, 1.82) is 0 Å². The van der Waals surface area contributed by atoms with E-state index in [2.05, 4.69) is 16.9 Å². The minimum atomic E-state index is 0.0471. The van der Waals surface area contributed by atoms with Gasteiger partial charge in [0.1, 0.15) is 0 Å². The molecular formula is C15H28N2OS. The first-order valence-electron chi connectivity index (χ1n) is 7.84. The van der Waals surface area contributed by atoms with E-state index in [0.717, 1.165) is 19.4 Å². The fourth-order valence-corrected chi connectivity index (χ4v) is 4.29. The molecule has 4 heteroatoms. The molecule has 2 rings (SSSR count). The maximum Gasteiger partial charge on any atom is 0.315 e. The largest absolute Gasteiger partial charge is 0.337 e. The summed E-state index contributed by atoms with van der Waals surface area (Å²) >= 11 is 1.94. The van der Waals surface area contributed by atoms with Crippen LogP contribution in [0.5, 0.6) is 0 Å². The molecule has 0 spiro atoms. The third-order valence-corrected chi connectivity index (χ3v) is 6.13. The average molecular weight is 284 g/mol. The molecule has 0 heterocycles. The lowest BCUT2D eigenvalue weighted by Crippen LogP contribution is -2.48. The number of hydrogen-bond acceptors (Lipinski definition) is 2. The molecule has 3 nitrogen and oxygen atoms in total. The van der Waals surface area contributed by atoms with Gasteiger partial charge in [-0.1, -0.05) is 38.5 Å². The van der Waals surface area contributed by atoms with Crippen molar-refractivity contribution in [3.63, 3.8) is 0 Å². The lowest BCUT2D eigenvalue weighted by molar-refractivity contribution is 0.230. The van der Waals surface area contributed by atoms with Crippen LogP contribution >= 0.6 is 11.8 Å². The van der Waals surface area contributed by atoms with Crippen molar-refractivity contribution in [2.24, 2.45) is 0 Å². The number of rotatable bonds is 4. The van der Waals surface area contributed by atoms with Crippen LogP contribution in [0.2, 0.25) is 0 Å². The van der Waals surface area contributed by atoms with E-state index in [9.17, 15) is 4.79 Å². The third-order valence-electron chi connectivity index (χ3n) is 4.71. The topological polar surface area (TPSA) is 41.1 Å². The normalized spacial score (nSPS) is 23.8. The van der Waals surface area contributed by atoms with Gasteiger partial charge in [0.25, 0.3) is 0 Å². The summed E-state index contributed by atoms with van der Waals surface area (Å²) in [5.41, 5.74) is 0. The van der Waals surface area contributed by atoms with Gasteiger partial charge in [-0.25, -0.2) is 4.79 Å². The fraction of sp³-hybridized carbons (Fsp3) is 0.933. The molecule has 2 fully saturated rings. The van der Waals surface area contributed by atoms with Crippen LogP contribution in [0.25, 0.3) is 0 Å². The molecule has 0 atom stereocenters. The third kappa shape index (κ3) is 4.59. The molecule has 0 saturated heterocycles. The first-order chi connectivity index (χ1) is 9.24. The first kappa shape index (κ1) is 15.0.